The van der Waals surface area contributed by atoms with E-state index in [0.29, 0.717) is 12.1 Å². The lowest BCUT2D eigenvalue weighted by Crippen LogP contribution is -2.57. The minimum atomic E-state index is -4.88. The average molecular weight is 545 g/mol. The Hall–Kier alpha value is -2.56. The fraction of sp³-hybridized carbons (Fsp3) is 0.417. The van der Waals surface area contributed by atoms with Crippen molar-refractivity contribution in [2.45, 2.75) is 44.3 Å². The first-order valence-corrected chi connectivity index (χ1v) is 12.0. The maximum Gasteiger partial charge on any atom is 0.435 e. The minimum absolute atomic E-state index is 0.0845. The quantitative estimate of drug-likeness (QED) is 0.436. The largest absolute Gasteiger partial charge is 0.435 e. The van der Waals surface area contributed by atoms with Crippen LogP contribution in [0.15, 0.2) is 29.4 Å². The second-order valence-corrected chi connectivity index (χ2v) is 10.4. The number of hydrogen-bond acceptors (Lipinski definition) is 5. The number of amides is 1. The van der Waals surface area contributed by atoms with E-state index in [-0.39, 0.29) is 24.3 Å². The smallest absolute Gasteiger partial charge is 0.372 e. The molecule has 0 aromatic heterocycles. The highest BCUT2D eigenvalue weighted by Gasteiger charge is 2.63. The molecule has 3 heterocycles. The highest BCUT2D eigenvalue weighted by atomic mass is 35.5. The molecule has 2 aromatic carbocycles. The van der Waals surface area contributed by atoms with Crippen LogP contribution in [-0.4, -0.2) is 53.9 Å². The number of amidine groups is 1. The number of nitrogens with one attached hydrogen (secondary N) is 1. The lowest BCUT2D eigenvalue weighted by molar-refractivity contribution is -0.275. The SMILES string of the molecule is Cc1cc2c(cc1C(=O)NC1CN(C)C1)CN(C1=NOC(c3cc(Cl)c(F)c(Cl)c3)(C(F)(F)F)C1)C2. The van der Waals surface area contributed by atoms with Gasteiger partial charge in [-0.1, -0.05) is 34.4 Å². The van der Waals surface area contributed by atoms with Gasteiger partial charge in [-0.05, 0) is 48.9 Å². The summed E-state index contributed by atoms with van der Waals surface area (Å²) in [6, 6.07) is 5.49. The van der Waals surface area contributed by atoms with E-state index < -0.39 is 39.6 Å². The van der Waals surface area contributed by atoms with Gasteiger partial charge in [0.25, 0.3) is 11.5 Å². The van der Waals surface area contributed by atoms with Crippen molar-refractivity contribution < 1.29 is 27.2 Å². The molecule has 1 fully saturated rings. The second kappa shape index (κ2) is 8.78. The van der Waals surface area contributed by atoms with Crippen LogP contribution in [-0.2, 0) is 23.5 Å². The zero-order valence-electron chi connectivity index (χ0n) is 19.3. The standard InChI is InChI=1S/C24H22Cl2F4N4O2/c1-12-3-13-8-34(9-14(13)4-17(12)22(35)31-16-10-33(2)11-16)20-7-23(36-32-20,24(28,29)30)15-5-18(25)21(27)19(26)6-15/h3-6,16H,7-11H2,1-2H3,(H,31,35). The first-order chi connectivity index (χ1) is 16.9. The number of carbonyl (C=O) groups excluding carboxylic acids is 1. The number of hydrogen-bond donors (Lipinski definition) is 1. The first-order valence-electron chi connectivity index (χ1n) is 11.2. The molecule has 0 bridgehead atoms. The molecule has 0 aliphatic carbocycles. The fourth-order valence-corrected chi connectivity index (χ4v) is 5.39. The molecule has 192 valence electrons. The van der Waals surface area contributed by atoms with Crippen LogP contribution in [0, 0.1) is 12.7 Å². The number of aryl methyl sites for hydroxylation is 1. The molecule has 1 saturated heterocycles. The summed E-state index contributed by atoms with van der Waals surface area (Å²) in [5.41, 5.74) is -0.238. The third-order valence-corrected chi connectivity index (χ3v) is 7.45. The molecule has 0 saturated carbocycles. The van der Waals surface area contributed by atoms with Crippen molar-refractivity contribution in [2.24, 2.45) is 5.16 Å². The molecule has 5 rings (SSSR count). The minimum Gasteiger partial charge on any atom is -0.372 e. The number of oxime groups is 1. The van der Waals surface area contributed by atoms with Crippen LogP contribution in [0.25, 0.3) is 0 Å². The highest BCUT2D eigenvalue weighted by Crippen LogP contribution is 2.50. The van der Waals surface area contributed by atoms with E-state index in [1.54, 1.807) is 11.0 Å². The maximum absolute atomic E-state index is 14.3. The van der Waals surface area contributed by atoms with Gasteiger partial charge in [0.2, 0.25) is 0 Å². The average Bonchev–Trinajstić information content (AvgIpc) is 3.40. The van der Waals surface area contributed by atoms with Crippen LogP contribution in [0.3, 0.4) is 0 Å². The number of benzene rings is 2. The summed E-state index contributed by atoms with van der Waals surface area (Å²) in [5, 5.41) is 5.71. The van der Waals surface area contributed by atoms with Crippen molar-refractivity contribution in [3.05, 3.63) is 67.9 Å². The molecule has 1 amide bonds. The van der Waals surface area contributed by atoms with Crippen molar-refractivity contribution in [2.75, 3.05) is 20.1 Å². The summed E-state index contributed by atoms with van der Waals surface area (Å²) in [7, 11) is 1.97. The summed E-state index contributed by atoms with van der Waals surface area (Å²) in [5.74, 6) is -1.09. The first kappa shape index (κ1) is 25.1. The van der Waals surface area contributed by atoms with Gasteiger partial charge in [0, 0.05) is 37.3 Å². The Labute approximate surface area is 214 Å². The van der Waals surface area contributed by atoms with Gasteiger partial charge < -0.3 is 20.0 Å². The third kappa shape index (κ3) is 4.18. The number of carbonyl (C=O) groups is 1. The summed E-state index contributed by atoms with van der Waals surface area (Å²) in [4.78, 5) is 21.6. The summed E-state index contributed by atoms with van der Waals surface area (Å²) in [6.07, 6.45) is -5.52. The van der Waals surface area contributed by atoms with E-state index in [1.807, 2.05) is 20.0 Å². The number of likely N-dealkylation sites (N-methyl/N-ethyl adjacent to an activating group) is 1. The normalized spacial score (nSPS) is 22.2. The Morgan fingerprint density at radius 3 is 2.33 bits per heavy atom. The topological polar surface area (TPSA) is 57.2 Å². The van der Waals surface area contributed by atoms with Crippen LogP contribution < -0.4 is 5.32 Å². The van der Waals surface area contributed by atoms with Crippen molar-refractivity contribution in [1.82, 2.24) is 15.1 Å². The number of nitrogens with zero attached hydrogens (tertiary/aromatic N) is 3. The van der Waals surface area contributed by atoms with Crippen molar-refractivity contribution in [3.8, 4) is 0 Å². The van der Waals surface area contributed by atoms with E-state index in [4.69, 9.17) is 28.0 Å². The molecule has 6 nitrogen and oxygen atoms in total. The van der Waals surface area contributed by atoms with Gasteiger partial charge in [0.1, 0.15) is 5.84 Å². The zero-order chi connectivity index (χ0) is 26.0. The number of halogens is 6. The van der Waals surface area contributed by atoms with Crippen LogP contribution in [0.1, 0.15) is 39.0 Å². The van der Waals surface area contributed by atoms with E-state index in [1.165, 1.54) is 0 Å². The molecule has 3 aliphatic heterocycles. The predicted molar refractivity (Wildman–Crippen MR) is 126 cm³/mol. The Balaban J connectivity index is 1.36. The molecule has 0 radical (unpaired) electrons. The van der Waals surface area contributed by atoms with Crippen LogP contribution in [0.4, 0.5) is 17.6 Å². The Kier molecular flexibility index (Phi) is 6.12. The van der Waals surface area contributed by atoms with Crippen molar-refractivity contribution in [3.63, 3.8) is 0 Å². The van der Waals surface area contributed by atoms with Gasteiger partial charge in [-0.3, -0.25) is 4.79 Å². The van der Waals surface area contributed by atoms with E-state index in [0.717, 1.165) is 41.9 Å². The zero-order valence-corrected chi connectivity index (χ0v) is 20.9. The Bertz CT molecular complexity index is 1260. The molecule has 3 aliphatic rings. The third-order valence-electron chi connectivity index (χ3n) is 6.90. The molecule has 1 atom stereocenters. The number of likely N-dealkylation sites (tertiary alicyclic amines) is 1. The van der Waals surface area contributed by atoms with Gasteiger partial charge >= 0.3 is 6.18 Å². The fourth-order valence-electron chi connectivity index (χ4n) is 4.90. The number of rotatable bonds is 3. The Morgan fingerprint density at radius 1 is 1.14 bits per heavy atom. The lowest BCUT2D eigenvalue weighted by Gasteiger charge is -2.36. The van der Waals surface area contributed by atoms with Gasteiger partial charge in [-0.15, -0.1) is 0 Å². The van der Waals surface area contributed by atoms with Crippen LogP contribution >= 0.6 is 23.2 Å². The summed E-state index contributed by atoms with van der Waals surface area (Å²) >= 11 is 11.6. The van der Waals surface area contributed by atoms with Gasteiger partial charge in [-0.25, -0.2) is 4.39 Å². The molecule has 0 spiro atoms. The number of fused-ring (bicyclic) bond motifs is 1. The molecular weight excluding hydrogens is 523 g/mol. The monoisotopic (exact) mass is 544 g/mol. The summed E-state index contributed by atoms with van der Waals surface area (Å²) in [6.45, 7) is 3.98. The van der Waals surface area contributed by atoms with E-state index >= 15 is 0 Å². The van der Waals surface area contributed by atoms with Crippen LogP contribution in [0.5, 0.6) is 0 Å². The Morgan fingerprint density at radius 2 is 1.75 bits per heavy atom. The van der Waals surface area contributed by atoms with Crippen LogP contribution in [0.2, 0.25) is 10.0 Å². The van der Waals surface area contributed by atoms with Gasteiger partial charge in [0.05, 0.1) is 22.5 Å². The molecule has 12 heteroatoms. The van der Waals surface area contributed by atoms with Gasteiger partial charge in [-0.2, -0.15) is 13.2 Å². The van der Waals surface area contributed by atoms with E-state index in [9.17, 15) is 22.4 Å². The van der Waals surface area contributed by atoms with Gasteiger partial charge in [0.15, 0.2) is 5.82 Å². The molecule has 1 unspecified atom stereocenters. The highest BCUT2D eigenvalue weighted by molar-refractivity contribution is 6.35. The summed E-state index contributed by atoms with van der Waals surface area (Å²) < 4.78 is 56.8. The molecule has 1 N–H and O–H groups in total. The second-order valence-electron chi connectivity index (χ2n) is 9.54. The maximum atomic E-state index is 14.3. The molecule has 36 heavy (non-hydrogen) atoms. The lowest BCUT2D eigenvalue weighted by atomic mass is 9.89. The van der Waals surface area contributed by atoms with E-state index in [2.05, 4.69) is 15.4 Å². The predicted octanol–water partition coefficient (Wildman–Crippen LogP) is 4.99. The molecular formula is C24H22Cl2F4N4O2. The van der Waals surface area contributed by atoms with Crippen molar-refractivity contribution in [1.29, 1.82) is 0 Å². The van der Waals surface area contributed by atoms with Crippen molar-refractivity contribution >= 4 is 34.9 Å². The number of alkyl halides is 3. The molecule has 2 aromatic rings.